The molecule has 1 saturated heterocycles. The van der Waals surface area contributed by atoms with Crippen LogP contribution in [0.2, 0.25) is 0 Å². The lowest BCUT2D eigenvalue weighted by atomic mass is 10.1. The molecule has 1 aromatic heterocycles. The number of aromatic amines is 1. The molecule has 8 rings (SSSR count). The molecule has 1 fully saturated rings. The van der Waals surface area contributed by atoms with Crippen molar-refractivity contribution < 1.29 is 31.2 Å². The Labute approximate surface area is 392 Å². The second kappa shape index (κ2) is 24.4. The fraction of sp³-hybridized carbons (Fsp3) is 0.312. The van der Waals surface area contributed by atoms with E-state index in [1.807, 2.05) is 79.8 Å². The van der Waals surface area contributed by atoms with E-state index in [1.165, 1.54) is 12.1 Å². The first-order chi connectivity index (χ1) is 31.5. The summed E-state index contributed by atoms with van der Waals surface area (Å²) in [5, 5.41) is 24.1. The third-order valence-electron chi connectivity index (χ3n) is 10.3. The number of non-ortho nitro benzene ring substituents is 1. The second-order valence-corrected chi connectivity index (χ2v) is 20.4. The van der Waals surface area contributed by atoms with Gasteiger partial charge >= 0.3 is 0 Å². The Bertz CT molecular complexity index is 2880. The van der Waals surface area contributed by atoms with Crippen LogP contribution in [0.1, 0.15) is 17.4 Å². The topological polar surface area (TPSA) is 180 Å². The molecule has 0 atom stereocenters. The van der Waals surface area contributed by atoms with Gasteiger partial charge in [0.25, 0.3) is 5.69 Å². The summed E-state index contributed by atoms with van der Waals surface area (Å²) in [6.07, 6.45) is -0.365. The first kappa shape index (κ1) is 51.6. The smallest absolute Gasteiger partial charge is 0.269 e. The number of benzene rings is 6. The average Bonchev–Trinajstić information content (AvgIpc) is 4.02. The van der Waals surface area contributed by atoms with Crippen molar-refractivity contribution in [1.29, 1.82) is 0 Å². The minimum atomic E-state index is -3.75. The molecule has 1 aliphatic rings. The molecule has 0 saturated carbocycles. The summed E-state index contributed by atoms with van der Waals surface area (Å²) in [5.41, 5.74) is 2.59. The van der Waals surface area contributed by atoms with Crippen molar-refractivity contribution in [2.24, 2.45) is 0 Å². The number of likely N-dealkylation sites (N-methyl/N-ethyl adjacent to an activating group) is 4. The zero-order valence-corrected chi connectivity index (χ0v) is 40.4. The maximum absolute atomic E-state index is 13.5. The highest BCUT2D eigenvalue weighted by Gasteiger charge is 2.25. The van der Waals surface area contributed by atoms with Crippen molar-refractivity contribution in [1.82, 2.24) is 30.2 Å². The normalized spacial score (nSPS) is 13.1. The third kappa shape index (κ3) is 14.1. The van der Waals surface area contributed by atoms with E-state index in [0.717, 1.165) is 60.0 Å². The number of nitro benzene ring substituents is 1. The monoisotopic (exact) mass is 959 g/mol. The highest BCUT2D eigenvalue weighted by atomic mass is 35.5. The van der Waals surface area contributed by atoms with Crippen molar-refractivity contribution in [3.63, 3.8) is 0 Å². The number of halogens is 1. The van der Waals surface area contributed by atoms with Crippen LogP contribution in [0.5, 0.6) is 0 Å². The molecule has 66 heavy (non-hydrogen) atoms. The van der Waals surface area contributed by atoms with E-state index in [9.17, 15) is 26.9 Å². The van der Waals surface area contributed by atoms with Crippen molar-refractivity contribution in [3.05, 3.63) is 149 Å². The molecule has 0 aliphatic carbocycles. The van der Waals surface area contributed by atoms with E-state index in [4.69, 9.17) is 21.1 Å². The van der Waals surface area contributed by atoms with Crippen LogP contribution in [0.15, 0.2) is 142 Å². The Hall–Kier alpha value is -5.34. The van der Waals surface area contributed by atoms with Crippen LogP contribution in [0.4, 0.5) is 5.69 Å². The standard InChI is InChI=1S/C23H26N4O2S.C11H9ClO2S.C9H9NO4.C5H14N2/c1-26(2)13-14-27(3)16-17-11-12-21-20(15-17)23(25-24-21)30(28,29)22-10-6-8-18-7-4-5-9-19(18)22;12-8-15(13,14)11-7-3-5-9-4-1-2-6-10(9)11;11-10(12)8-3-1-7(2-4-8)9-13-5-6-14-9;1-6-4-5-7(2)3/h4-12,15H,13-14,16H2,1-3H3,(H,24,25);1-7H,8H2;1-4,9H,5-6H2;6H,4-5H2,1-3H3. The van der Waals surface area contributed by atoms with E-state index in [-0.39, 0.29) is 22.2 Å². The van der Waals surface area contributed by atoms with E-state index < -0.39 is 24.6 Å². The number of hydrogen-bond donors (Lipinski definition) is 2. The first-order valence-corrected chi connectivity index (χ1v) is 24.8. The van der Waals surface area contributed by atoms with Crippen LogP contribution in [0, 0.1) is 10.1 Å². The fourth-order valence-electron chi connectivity index (χ4n) is 6.80. The molecule has 0 bridgehead atoms. The van der Waals surface area contributed by atoms with E-state index in [2.05, 4.69) is 65.5 Å². The fourth-order valence-corrected chi connectivity index (χ4v) is 9.65. The van der Waals surface area contributed by atoms with Crippen molar-refractivity contribution in [3.8, 4) is 0 Å². The number of hydrogen-bond acceptors (Lipinski definition) is 13. The van der Waals surface area contributed by atoms with Gasteiger partial charge in [0, 0.05) is 66.6 Å². The van der Waals surface area contributed by atoms with Gasteiger partial charge in [-0.3, -0.25) is 15.2 Å². The number of fused-ring (bicyclic) bond motifs is 3. The summed E-state index contributed by atoms with van der Waals surface area (Å²) in [7, 11) is 5.15. The average molecular weight is 961 g/mol. The van der Waals surface area contributed by atoms with Crippen LogP contribution in [-0.4, -0.2) is 134 Å². The summed E-state index contributed by atoms with van der Waals surface area (Å²) in [6, 6.07) is 37.4. The Morgan fingerprint density at radius 1 is 0.727 bits per heavy atom. The number of nitrogens with zero attached hydrogens (tertiary/aromatic N) is 5. The van der Waals surface area contributed by atoms with Gasteiger partial charge < -0.3 is 29.5 Å². The van der Waals surface area contributed by atoms with Crippen molar-refractivity contribution in [2.75, 3.05) is 86.9 Å². The first-order valence-electron chi connectivity index (χ1n) is 21.1. The number of nitrogens with one attached hydrogen (secondary N) is 2. The summed E-state index contributed by atoms with van der Waals surface area (Å²) in [6.45, 7) is 5.97. The van der Waals surface area contributed by atoms with Crippen molar-refractivity contribution >= 4 is 69.4 Å². The Morgan fingerprint density at radius 2 is 1.29 bits per heavy atom. The summed E-state index contributed by atoms with van der Waals surface area (Å²) in [5.74, 6) is 0. The molecule has 1 aliphatic heterocycles. The minimum Gasteiger partial charge on any atom is -0.346 e. The number of alkyl halides is 1. The summed E-state index contributed by atoms with van der Waals surface area (Å²) >= 11 is 5.44. The quantitative estimate of drug-likeness (QED) is 0.0614. The Balaban J connectivity index is 0.000000189. The Morgan fingerprint density at radius 3 is 1.83 bits per heavy atom. The van der Waals surface area contributed by atoms with Gasteiger partial charge in [0.05, 0.1) is 33.4 Å². The third-order valence-corrected chi connectivity index (χ3v) is 14.3. The van der Waals surface area contributed by atoms with Gasteiger partial charge in [-0.15, -0.1) is 11.6 Å². The zero-order chi connectivity index (χ0) is 47.9. The molecular formula is C48H58ClN7O8S2. The molecule has 2 heterocycles. The molecule has 7 aromatic rings. The number of nitro groups is 1. The van der Waals surface area contributed by atoms with Crippen LogP contribution in [0.3, 0.4) is 0 Å². The number of sulfone groups is 2. The van der Waals surface area contributed by atoms with Gasteiger partial charge in [-0.25, -0.2) is 16.8 Å². The van der Waals surface area contributed by atoms with Crippen LogP contribution >= 0.6 is 11.6 Å². The van der Waals surface area contributed by atoms with Crippen LogP contribution in [0.25, 0.3) is 32.4 Å². The largest absolute Gasteiger partial charge is 0.346 e. The molecule has 15 nitrogen and oxygen atoms in total. The Kier molecular flexibility index (Phi) is 19.1. The van der Waals surface area contributed by atoms with Crippen LogP contribution < -0.4 is 5.32 Å². The minimum absolute atomic E-state index is 0.0757. The highest BCUT2D eigenvalue weighted by Crippen LogP contribution is 2.32. The molecular weight excluding hydrogens is 902 g/mol. The van der Waals surface area contributed by atoms with E-state index in [0.29, 0.717) is 39.3 Å². The summed E-state index contributed by atoms with van der Waals surface area (Å²) < 4.78 is 61.0. The lowest BCUT2D eigenvalue weighted by Gasteiger charge is -2.19. The molecule has 352 valence electrons. The lowest BCUT2D eigenvalue weighted by molar-refractivity contribution is -0.384. The molecule has 6 aromatic carbocycles. The molecule has 0 radical (unpaired) electrons. The zero-order valence-electron chi connectivity index (χ0n) is 38.1. The summed E-state index contributed by atoms with van der Waals surface area (Å²) in [4.78, 5) is 17.1. The maximum Gasteiger partial charge on any atom is 0.269 e. The van der Waals surface area contributed by atoms with Gasteiger partial charge in [0.2, 0.25) is 9.84 Å². The van der Waals surface area contributed by atoms with Crippen LogP contribution in [-0.2, 0) is 35.7 Å². The van der Waals surface area contributed by atoms with Crippen molar-refractivity contribution in [2.45, 2.75) is 27.7 Å². The maximum atomic E-state index is 13.5. The number of aromatic nitrogens is 2. The van der Waals surface area contributed by atoms with Gasteiger partial charge in [0.1, 0.15) is 5.21 Å². The SMILES string of the molecule is CN(C)CCN(C)Cc1ccc2n[nH]c(S(=O)(=O)c3cccc4ccccc34)c2c1.CNCCN(C)C.O=S(=O)(CCl)c1cccc2ccccc12.O=[N+]([O-])c1ccc(C2OCCO2)cc1. The second-order valence-electron chi connectivity index (χ2n) is 16.0. The number of rotatable bonds is 14. The number of ether oxygens (including phenoxy) is 2. The molecule has 0 spiro atoms. The lowest BCUT2D eigenvalue weighted by Crippen LogP contribution is -2.28. The highest BCUT2D eigenvalue weighted by molar-refractivity contribution is 7.92. The predicted octanol–water partition coefficient (Wildman–Crippen LogP) is 7.76. The van der Waals surface area contributed by atoms with Gasteiger partial charge in [0.15, 0.2) is 21.2 Å². The van der Waals surface area contributed by atoms with E-state index >= 15 is 0 Å². The molecule has 2 N–H and O–H groups in total. The molecule has 18 heteroatoms. The van der Waals surface area contributed by atoms with Gasteiger partial charge in [-0.2, -0.15) is 5.10 Å². The number of H-pyrrole nitrogens is 1. The molecule has 0 amide bonds. The molecule has 0 unspecified atom stereocenters. The van der Waals surface area contributed by atoms with E-state index in [1.54, 1.807) is 42.5 Å². The van der Waals surface area contributed by atoms with Gasteiger partial charge in [-0.05, 0) is 95.0 Å². The predicted molar refractivity (Wildman–Crippen MR) is 262 cm³/mol. The van der Waals surface area contributed by atoms with Gasteiger partial charge in [-0.1, -0.05) is 78.9 Å².